The summed E-state index contributed by atoms with van der Waals surface area (Å²) in [4.78, 5) is 9.69. The molecule has 0 bridgehead atoms. The van der Waals surface area contributed by atoms with Crippen molar-refractivity contribution in [2.75, 3.05) is 32.7 Å². The van der Waals surface area contributed by atoms with Crippen LogP contribution in [-0.2, 0) is 6.54 Å². The summed E-state index contributed by atoms with van der Waals surface area (Å²) in [6.07, 6.45) is 5.74. The van der Waals surface area contributed by atoms with Gasteiger partial charge in [0.2, 0.25) is 0 Å². The quantitative estimate of drug-likeness (QED) is 0.829. The Labute approximate surface area is 157 Å². The Balaban J connectivity index is 1.42. The Kier molecular flexibility index (Phi) is 5.14. The van der Waals surface area contributed by atoms with Gasteiger partial charge in [0.25, 0.3) is 0 Å². The van der Waals surface area contributed by atoms with Crippen molar-refractivity contribution in [2.45, 2.75) is 45.6 Å². The van der Waals surface area contributed by atoms with Crippen molar-refractivity contribution in [1.82, 2.24) is 14.8 Å². The SMILES string of the molecule is CCN1C[C@@H](c2ccccc2)CC2(CCN(Cc3coc(C)n3)CC2)C1. The van der Waals surface area contributed by atoms with Gasteiger partial charge in [-0.25, -0.2) is 4.98 Å². The van der Waals surface area contributed by atoms with E-state index >= 15 is 0 Å². The van der Waals surface area contributed by atoms with Gasteiger partial charge < -0.3 is 9.32 Å². The van der Waals surface area contributed by atoms with Gasteiger partial charge in [-0.05, 0) is 55.8 Å². The average molecular weight is 354 g/mol. The van der Waals surface area contributed by atoms with Gasteiger partial charge in [0.1, 0.15) is 6.26 Å². The zero-order chi connectivity index (χ0) is 18.0. The first-order valence-electron chi connectivity index (χ1n) is 10.1. The molecule has 0 amide bonds. The maximum Gasteiger partial charge on any atom is 0.191 e. The standard InChI is InChI=1S/C22H31N3O/c1-3-24-14-20(19-7-5-4-6-8-19)13-22(17-24)9-11-25(12-10-22)15-21-16-26-18(2)23-21/h4-8,16,20H,3,9-15,17H2,1-2H3/t20-/m0/s1. The van der Waals surface area contributed by atoms with E-state index in [1.54, 1.807) is 0 Å². The van der Waals surface area contributed by atoms with Gasteiger partial charge in [-0.2, -0.15) is 0 Å². The Hall–Kier alpha value is -1.65. The summed E-state index contributed by atoms with van der Waals surface area (Å²) in [7, 11) is 0. The van der Waals surface area contributed by atoms with Gasteiger partial charge in [0.15, 0.2) is 5.89 Å². The van der Waals surface area contributed by atoms with Crippen LogP contribution in [0.15, 0.2) is 41.0 Å². The second kappa shape index (κ2) is 7.53. The van der Waals surface area contributed by atoms with Crippen LogP contribution in [0.5, 0.6) is 0 Å². The summed E-state index contributed by atoms with van der Waals surface area (Å²) in [5.41, 5.74) is 3.07. The van der Waals surface area contributed by atoms with E-state index in [1.165, 1.54) is 51.0 Å². The van der Waals surface area contributed by atoms with Gasteiger partial charge in [0.05, 0.1) is 5.69 Å². The fourth-order valence-corrected chi connectivity index (χ4v) is 4.95. The summed E-state index contributed by atoms with van der Waals surface area (Å²) in [5.74, 6) is 1.44. The van der Waals surface area contributed by atoms with Crippen LogP contribution in [0.25, 0.3) is 0 Å². The molecule has 4 heteroatoms. The lowest BCUT2D eigenvalue weighted by Gasteiger charge is -2.50. The summed E-state index contributed by atoms with van der Waals surface area (Å²) >= 11 is 0. The number of nitrogens with zero attached hydrogens (tertiary/aromatic N) is 3. The van der Waals surface area contributed by atoms with E-state index in [0.717, 1.165) is 24.7 Å². The summed E-state index contributed by atoms with van der Waals surface area (Å²) in [5, 5.41) is 0. The maximum absolute atomic E-state index is 5.36. The van der Waals surface area contributed by atoms with E-state index in [2.05, 4.69) is 52.0 Å². The number of hydrogen-bond acceptors (Lipinski definition) is 4. The number of likely N-dealkylation sites (tertiary alicyclic amines) is 2. The molecule has 3 heterocycles. The average Bonchev–Trinajstić information content (AvgIpc) is 3.09. The van der Waals surface area contributed by atoms with Gasteiger partial charge in [-0.15, -0.1) is 0 Å². The second-order valence-corrected chi connectivity index (χ2v) is 8.27. The first-order valence-corrected chi connectivity index (χ1v) is 10.1. The monoisotopic (exact) mass is 353 g/mol. The van der Waals surface area contributed by atoms with Gasteiger partial charge >= 0.3 is 0 Å². The molecular weight excluding hydrogens is 322 g/mol. The first kappa shape index (κ1) is 17.7. The van der Waals surface area contributed by atoms with Crippen LogP contribution < -0.4 is 0 Å². The smallest absolute Gasteiger partial charge is 0.191 e. The molecule has 2 fully saturated rings. The lowest BCUT2D eigenvalue weighted by molar-refractivity contribution is 0.0135. The van der Waals surface area contributed by atoms with E-state index in [1.807, 2.05) is 13.2 Å². The number of likely N-dealkylation sites (N-methyl/N-ethyl adjacent to an activating group) is 1. The largest absolute Gasteiger partial charge is 0.449 e. The highest BCUT2D eigenvalue weighted by atomic mass is 16.3. The zero-order valence-electron chi connectivity index (χ0n) is 16.2. The van der Waals surface area contributed by atoms with Crippen molar-refractivity contribution >= 4 is 0 Å². The van der Waals surface area contributed by atoms with E-state index in [0.29, 0.717) is 11.3 Å². The molecule has 4 nitrogen and oxygen atoms in total. The molecule has 0 unspecified atom stereocenters. The van der Waals surface area contributed by atoms with Crippen LogP contribution in [0, 0.1) is 12.3 Å². The highest BCUT2D eigenvalue weighted by Gasteiger charge is 2.41. The van der Waals surface area contributed by atoms with E-state index in [4.69, 9.17) is 4.42 Å². The minimum atomic E-state index is 0.477. The molecule has 2 aromatic rings. The molecule has 2 aliphatic heterocycles. The van der Waals surface area contributed by atoms with Crippen LogP contribution in [0.3, 0.4) is 0 Å². The maximum atomic E-state index is 5.36. The van der Waals surface area contributed by atoms with Gasteiger partial charge in [0, 0.05) is 26.6 Å². The lowest BCUT2D eigenvalue weighted by atomic mass is 9.68. The number of rotatable bonds is 4. The minimum Gasteiger partial charge on any atom is -0.449 e. The summed E-state index contributed by atoms with van der Waals surface area (Å²) in [6, 6.07) is 11.1. The third kappa shape index (κ3) is 3.86. The molecule has 0 N–H and O–H groups in total. The number of hydrogen-bond donors (Lipinski definition) is 0. The van der Waals surface area contributed by atoms with Crippen LogP contribution in [0.1, 0.15) is 49.3 Å². The number of benzene rings is 1. The fraction of sp³-hybridized carbons (Fsp3) is 0.591. The van der Waals surface area contributed by atoms with Crippen LogP contribution >= 0.6 is 0 Å². The summed E-state index contributed by atoms with van der Waals surface area (Å²) < 4.78 is 5.36. The third-order valence-corrected chi connectivity index (χ3v) is 6.40. The molecule has 1 aromatic heterocycles. The lowest BCUT2D eigenvalue weighted by Crippen LogP contribution is -2.51. The molecule has 0 saturated carbocycles. The van der Waals surface area contributed by atoms with Crippen molar-refractivity contribution in [3.05, 3.63) is 53.7 Å². The van der Waals surface area contributed by atoms with E-state index in [-0.39, 0.29) is 0 Å². The molecule has 2 aliphatic rings. The molecule has 1 spiro atoms. The molecule has 140 valence electrons. The summed E-state index contributed by atoms with van der Waals surface area (Å²) in [6.45, 7) is 11.1. The Morgan fingerprint density at radius 2 is 1.92 bits per heavy atom. The zero-order valence-corrected chi connectivity index (χ0v) is 16.2. The van der Waals surface area contributed by atoms with Crippen molar-refractivity contribution in [3.8, 4) is 0 Å². The molecule has 1 atom stereocenters. The minimum absolute atomic E-state index is 0.477. The molecule has 0 aliphatic carbocycles. The van der Waals surface area contributed by atoms with Gasteiger partial charge in [-0.3, -0.25) is 4.90 Å². The molecule has 2 saturated heterocycles. The predicted molar refractivity (Wildman–Crippen MR) is 104 cm³/mol. The van der Waals surface area contributed by atoms with Crippen LogP contribution in [0.2, 0.25) is 0 Å². The number of oxazole rings is 1. The molecule has 26 heavy (non-hydrogen) atoms. The fourth-order valence-electron chi connectivity index (χ4n) is 4.95. The topological polar surface area (TPSA) is 32.5 Å². The van der Waals surface area contributed by atoms with E-state index < -0.39 is 0 Å². The first-order chi connectivity index (χ1) is 12.7. The van der Waals surface area contributed by atoms with Gasteiger partial charge in [-0.1, -0.05) is 37.3 Å². The number of aryl methyl sites for hydroxylation is 1. The number of piperidine rings is 2. The van der Waals surface area contributed by atoms with E-state index in [9.17, 15) is 0 Å². The normalized spacial score (nSPS) is 24.2. The Morgan fingerprint density at radius 3 is 2.58 bits per heavy atom. The number of aromatic nitrogens is 1. The van der Waals surface area contributed by atoms with Crippen LogP contribution in [0.4, 0.5) is 0 Å². The predicted octanol–water partition coefficient (Wildman–Crippen LogP) is 4.07. The Bertz CT molecular complexity index is 703. The molecule has 4 rings (SSSR count). The van der Waals surface area contributed by atoms with Crippen molar-refractivity contribution < 1.29 is 4.42 Å². The second-order valence-electron chi connectivity index (χ2n) is 8.27. The highest BCUT2D eigenvalue weighted by molar-refractivity contribution is 5.21. The Morgan fingerprint density at radius 1 is 1.15 bits per heavy atom. The van der Waals surface area contributed by atoms with Crippen molar-refractivity contribution in [1.29, 1.82) is 0 Å². The molecule has 1 aromatic carbocycles. The third-order valence-electron chi connectivity index (χ3n) is 6.40. The molecule has 0 radical (unpaired) electrons. The van der Waals surface area contributed by atoms with Crippen molar-refractivity contribution in [3.63, 3.8) is 0 Å². The van der Waals surface area contributed by atoms with Crippen molar-refractivity contribution in [2.24, 2.45) is 5.41 Å². The van der Waals surface area contributed by atoms with Crippen LogP contribution in [-0.4, -0.2) is 47.5 Å². The molecular formula is C22H31N3O. The highest BCUT2D eigenvalue weighted by Crippen LogP contribution is 2.45.